The number of aromatic nitrogens is 2. The van der Waals surface area contributed by atoms with Crippen LogP contribution in [-0.4, -0.2) is 27.4 Å². The molecule has 1 aromatic rings. The third-order valence-corrected chi connectivity index (χ3v) is 1.57. The summed E-state index contributed by atoms with van der Waals surface area (Å²) in [6.07, 6.45) is 4.43. The van der Waals surface area contributed by atoms with Crippen molar-refractivity contribution < 1.29 is 26.4 Å². The molecule has 0 aliphatic heterocycles. The van der Waals surface area contributed by atoms with Crippen LogP contribution in [0.4, 0.5) is 0 Å². The Bertz CT molecular complexity index is 290. The fourth-order valence-electron chi connectivity index (χ4n) is 0.875. The number of ketones is 2. The van der Waals surface area contributed by atoms with E-state index < -0.39 is 0 Å². The first-order valence-electron chi connectivity index (χ1n) is 4.59. The molecule has 0 saturated heterocycles. The van der Waals surface area contributed by atoms with E-state index in [1.807, 2.05) is 0 Å². The summed E-state index contributed by atoms with van der Waals surface area (Å²) in [5.41, 5.74) is 0. The van der Waals surface area contributed by atoms with Crippen LogP contribution in [0.1, 0.15) is 26.1 Å². The van der Waals surface area contributed by atoms with Crippen LogP contribution in [0.2, 0.25) is 0 Å². The van der Waals surface area contributed by atoms with Gasteiger partial charge in [-0.3, -0.25) is 9.59 Å². The molecule has 0 saturated carbocycles. The zero-order valence-electron chi connectivity index (χ0n) is 9.25. The molecule has 0 spiro atoms. The van der Waals surface area contributed by atoms with Crippen molar-refractivity contribution in [1.82, 2.24) is 9.97 Å². The largest absolute Gasteiger partial charge is 0.349 e. The molecule has 1 rings (SSSR count). The average molecular weight is 290 g/mol. The number of carbonyl (C=O) groups is 2. The van der Waals surface area contributed by atoms with Crippen LogP contribution in [0.3, 0.4) is 0 Å². The summed E-state index contributed by atoms with van der Waals surface area (Å²) in [6, 6.07) is 0. The zero-order valence-corrected chi connectivity index (χ0v) is 11.0. The minimum Gasteiger partial charge on any atom is -0.349 e. The van der Waals surface area contributed by atoms with Gasteiger partial charge in [-0.25, -0.2) is 4.98 Å². The fourth-order valence-corrected chi connectivity index (χ4v) is 1.05. The van der Waals surface area contributed by atoms with Gasteiger partial charge in [-0.15, -0.1) is 11.6 Å². The minimum atomic E-state index is -0.0625. The summed E-state index contributed by atoms with van der Waals surface area (Å²) in [4.78, 5) is 27.0. The Kier molecular flexibility index (Phi) is 12.0. The molecule has 6 heteroatoms. The number of H-pyrrole nitrogens is 1. The topological polar surface area (TPSA) is 62.8 Å². The van der Waals surface area contributed by atoms with Crippen LogP contribution < -0.4 is 0 Å². The SMILES string of the molecule is CC(=O)CC(C)=O.ClCCc1ncc[nH]1.[Co]. The van der Waals surface area contributed by atoms with Crippen LogP contribution in [0.25, 0.3) is 0 Å². The Morgan fingerprint density at radius 1 is 1.38 bits per heavy atom. The van der Waals surface area contributed by atoms with Gasteiger partial charge >= 0.3 is 0 Å². The molecule has 0 aliphatic carbocycles. The van der Waals surface area contributed by atoms with E-state index in [0.717, 1.165) is 12.2 Å². The maximum Gasteiger partial charge on any atom is 0.137 e. The summed E-state index contributed by atoms with van der Waals surface area (Å²) in [6.45, 7) is 2.81. The molecule has 1 radical (unpaired) electrons. The molecule has 16 heavy (non-hydrogen) atoms. The van der Waals surface area contributed by atoms with Gasteiger partial charge in [0.1, 0.15) is 17.4 Å². The molecule has 0 aliphatic rings. The summed E-state index contributed by atoms with van der Waals surface area (Å²) >= 11 is 5.43. The second-order valence-corrected chi connectivity index (χ2v) is 3.43. The van der Waals surface area contributed by atoms with Crippen LogP contribution in [-0.2, 0) is 32.8 Å². The number of halogens is 1. The molecule has 4 nitrogen and oxygen atoms in total. The first-order valence-corrected chi connectivity index (χ1v) is 5.12. The van der Waals surface area contributed by atoms with Gasteiger partial charge < -0.3 is 4.98 Å². The number of aryl methyl sites for hydroxylation is 1. The number of rotatable bonds is 4. The number of alkyl halides is 1. The fraction of sp³-hybridized carbons (Fsp3) is 0.500. The molecule has 1 heterocycles. The predicted octanol–water partition coefficient (Wildman–Crippen LogP) is 1.74. The van der Waals surface area contributed by atoms with Crippen molar-refractivity contribution in [1.29, 1.82) is 0 Å². The molecular weight excluding hydrogens is 275 g/mol. The normalized spacial score (nSPS) is 8.44. The third-order valence-electron chi connectivity index (χ3n) is 1.38. The number of nitrogens with one attached hydrogen (secondary N) is 1. The monoisotopic (exact) mass is 289 g/mol. The Morgan fingerprint density at radius 3 is 2.19 bits per heavy atom. The minimum absolute atomic E-state index is 0. The first kappa shape index (κ1) is 17.7. The van der Waals surface area contributed by atoms with Gasteiger partial charge in [0.05, 0.1) is 6.42 Å². The van der Waals surface area contributed by atoms with E-state index in [2.05, 4.69) is 9.97 Å². The number of imidazole rings is 1. The molecule has 1 N–H and O–H groups in total. The summed E-state index contributed by atoms with van der Waals surface area (Å²) in [5.74, 6) is 1.47. The second-order valence-electron chi connectivity index (χ2n) is 3.06. The van der Waals surface area contributed by atoms with Gasteiger partial charge in [-0.05, 0) is 13.8 Å². The van der Waals surface area contributed by atoms with Crippen molar-refractivity contribution >= 4 is 23.2 Å². The Labute approximate surface area is 110 Å². The van der Waals surface area contributed by atoms with Gasteiger partial charge in [0.25, 0.3) is 0 Å². The van der Waals surface area contributed by atoms with Crippen LogP contribution in [0, 0.1) is 0 Å². The number of nitrogens with zero attached hydrogens (tertiary/aromatic N) is 1. The van der Waals surface area contributed by atoms with Crippen molar-refractivity contribution in [2.75, 3.05) is 5.88 Å². The van der Waals surface area contributed by atoms with Gasteiger partial charge in [0.15, 0.2) is 0 Å². The maximum absolute atomic E-state index is 10.0. The van der Waals surface area contributed by atoms with Crippen molar-refractivity contribution in [3.8, 4) is 0 Å². The van der Waals surface area contributed by atoms with Gasteiger partial charge in [0, 0.05) is 41.5 Å². The summed E-state index contributed by atoms with van der Waals surface area (Å²) in [7, 11) is 0. The molecule has 1 aromatic heterocycles. The molecule has 0 bridgehead atoms. The maximum atomic E-state index is 10.0. The zero-order chi connectivity index (χ0) is 11.7. The first-order chi connectivity index (χ1) is 7.06. The number of hydrogen-bond acceptors (Lipinski definition) is 3. The van der Waals surface area contributed by atoms with Crippen molar-refractivity contribution in [3.05, 3.63) is 18.2 Å². The van der Waals surface area contributed by atoms with Crippen LogP contribution in [0.5, 0.6) is 0 Å². The van der Waals surface area contributed by atoms with E-state index in [1.54, 1.807) is 12.4 Å². The van der Waals surface area contributed by atoms with Crippen molar-refractivity contribution in [2.45, 2.75) is 26.7 Å². The molecule has 0 amide bonds. The Hall–Kier alpha value is -0.654. The van der Waals surface area contributed by atoms with Crippen LogP contribution >= 0.6 is 11.6 Å². The van der Waals surface area contributed by atoms with E-state index in [4.69, 9.17) is 11.6 Å². The number of Topliss-reactive ketones (excluding diaryl/α,β-unsaturated/α-hetero) is 2. The predicted molar refractivity (Wildman–Crippen MR) is 59.0 cm³/mol. The van der Waals surface area contributed by atoms with E-state index in [1.165, 1.54) is 13.8 Å². The van der Waals surface area contributed by atoms with Crippen molar-refractivity contribution in [3.63, 3.8) is 0 Å². The third kappa shape index (κ3) is 11.4. The second kappa shape index (κ2) is 10.9. The number of aromatic amines is 1. The smallest absolute Gasteiger partial charge is 0.137 e. The molecule has 93 valence electrons. The standard InChI is InChI=1S/C5H7ClN2.C5H8O2.Co/c6-2-1-5-7-3-4-8-5;1-4(6)3-5(2)7;/h3-4H,1-2H2,(H,7,8);3H2,1-2H3;. The number of hydrogen-bond donors (Lipinski definition) is 1. The number of carbonyl (C=O) groups excluding carboxylic acids is 2. The van der Waals surface area contributed by atoms with E-state index in [0.29, 0.717) is 5.88 Å². The molecule has 0 fully saturated rings. The quantitative estimate of drug-likeness (QED) is 0.678. The van der Waals surface area contributed by atoms with E-state index >= 15 is 0 Å². The Balaban J connectivity index is 0. The Morgan fingerprint density at radius 2 is 1.94 bits per heavy atom. The van der Waals surface area contributed by atoms with Gasteiger partial charge in [0.2, 0.25) is 0 Å². The van der Waals surface area contributed by atoms with E-state index in [-0.39, 0.29) is 34.8 Å². The van der Waals surface area contributed by atoms with Gasteiger partial charge in [-0.1, -0.05) is 0 Å². The van der Waals surface area contributed by atoms with E-state index in [9.17, 15) is 9.59 Å². The molecular formula is C10H15ClCoN2O2. The van der Waals surface area contributed by atoms with Gasteiger partial charge in [-0.2, -0.15) is 0 Å². The summed E-state index contributed by atoms with van der Waals surface area (Å²) < 4.78 is 0. The molecule has 0 atom stereocenters. The molecule has 0 aromatic carbocycles. The molecule has 0 unspecified atom stereocenters. The summed E-state index contributed by atoms with van der Waals surface area (Å²) in [5, 5.41) is 0. The van der Waals surface area contributed by atoms with Crippen LogP contribution in [0.15, 0.2) is 12.4 Å². The average Bonchev–Trinajstić information content (AvgIpc) is 2.55. The van der Waals surface area contributed by atoms with Crippen molar-refractivity contribution in [2.24, 2.45) is 0 Å².